The Bertz CT molecular complexity index is 305. The van der Waals surface area contributed by atoms with E-state index in [-0.39, 0.29) is 0 Å². The first kappa shape index (κ1) is 11.5. The maximum atomic E-state index is 5.69. The van der Waals surface area contributed by atoms with E-state index in [2.05, 4.69) is 17.3 Å². The summed E-state index contributed by atoms with van der Waals surface area (Å²) in [5.74, 6) is 1.73. The largest absolute Gasteiger partial charge is 0.490 e. The highest BCUT2D eigenvalue weighted by molar-refractivity contribution is 5.11. The zero-order valence-electron chi connectivity index (χ0n) is 9.98. The molecule has 1 aliphatic heterocycles. The molecular formula is C12H21N3O. The molecule has 0 saturated carbocycles. The molecule has 1 saturated heterocycles. The zero-order valence-corrected chi connectivity index (χ0v) is 9.98. The van der Waals surface area contributed by atoms with Crippen molar-refractivity contribution in [3.05, 3.63) is 12.4 Å². The molecule has 0 spiro atoms. The highest BCUT2D eigenvalue weighted by Crippen LogP contribution is 2.17. The number of piperidine rings is 1. The molecule has 1 aliphatic rings. The van der Waals surface area contributed by atoms with E-state index in [4.69, 9.17) is 4.74 Å². The van der Waals surface area contributed by atoms with Gasteiger partial charge in [-0.3, -0.25) is 4.68 Å². The van der Waals surface area contributed by atoms with Gasteiger partial charge < -0.3 is 10.1 Å². The van der Waals surface area contributed by atoms with Crippen LogP contribution in [0.2, 0.25) is 0 Å². The predicted octanol–water partition coefficient (Wildman–Crippen LogP) is 1.67. The molecule has 0 bridgehead atoms. The molecule has 0 amide bonds. The lowest BCUT2D eigenvalue weighted by Gasteiger charge is -2.22. The maximum absolute atomic E-state index is 5.69. The number of rotatable bonds is 5. The van der Waals surface area contributed by atoms with Gasteiger partial charge in [0.25, 0.3) is 0 Å². The van der Waals surface area contributed by atoms with Crippen LogP contribution in [0.1, 0.15) is 26.2 Å². The second-order valence-electron chi connectivity index (χ2n) is 4.36. The number of nitrogens with one attached hydrogen (secondary N) is 1. The first-order valence-corrected chi connectivity index (χ1v) is 6.24. The van der Waals surface area contributed by atoms with Gasteiger partial charge in [-0.1, -0.05) is 0 Å². The van der Waals surface area contributed by atoms with E-state index in [1.54, 1.807) is 6.20 Å². The van der Waals surface area contributed by atoms with Crippen LogP contribution in [0, 0.1) is 5.92 Å². The third-order valence-corrected chi connectivity index (χ3v) is 3.19. The SMILES string of the molecule is CCn1cc(OCCC2CCNCC2)cn1. The fourth-order valence-electron chi connectivity index (χ4n) is 2.11. The summed E-state index contributed by atoms with van der Waals surface area (Å²) in [6, 6.07) is 0. The standard InChI is InChI=1S/C12H21N3O/c1-2-15-10-12(9-14-15)16-8-5-11-3-6-13-7-4-11/h9-11,13H,2-8H2,1H3. The van der Waals surface area contributed by atoms with Crippen LogP contribution in [0.25, 0.3) is 0 Å². The third-order valence-electron chi connectivity index (χ3n) is 3.19. The van der Waals surface area contributed by atoms with E-state index in [0.717, 1.165) is 24.8 Å². The summed E-state index contributed by atoms with van der Waals surface area (Å²) in [6.45, 7) is 6.13. The summed E-state index contributed by atoms with van der Waals surface area (Å²) in [4.78, 5) is 0. The van der Waals surface area contributed by atoms with Crippen LogP contribution in [0.15, 0.2) is 12.4 Å². The van der Waals surface area contributed by atoms with Crippen molar-refractivity contribution in [3.8, 4) is 5.75 Å². The second-order valence-corrected chi connectivity index (χ2v) is 4.36. The van der Waals surface area contributed by atoms with Gasteiger partial charge in [-0.15, -0.1) is 0 Å². The first-order chi connectivity index (χ1) is 7.88. The summed E-state index contributed by atoms with van der Waals surface area (Å²) < 4.78 is 7.58. The average Bonchev–Trinajstić information content (AvgIpc) is 2.78. The summed E-state index contributed by atoms with van der Waals surface area (Å²) in [5, 5.41) is 7.56. The van der Waals surface area contributed by atoms with Crippen molar-refractivity contribution in [2.75, 3.05) is 19.7 Å². The number of hydrogen-bond acceptors (Lipinski definition) is 3. The van der Waals surface area contributed by atoms with Crippen LogP contribution in [0.3, 0.4) is 0 Å². The molecule has 2 heterocycles. The fourth-order valence-corrected chi connectivity index (χ4v) is 2.11. The predicted molar refractivity (Wildman–Crippen MR) is 63.6 cm³/mol. The molecule has 1 aromatic rings. The Labute approximate surface area is 97.0 Å². The van der Waals surface area contributed by atoms with E-state index >= 15 is 0 Å². The molecule has 0 radical (unpaired) electrons. The van der Waals surface area contributed by atoms with Gasteiger partial charge >= 0.3 is 0 Å². The summed E-state index contributed by atoms with van der Waals surface area (Å²) in [6.07, 6.45) is 7.50. The normalized spacial score (nSPS) is 17.6. The number of ether oxygens (including phenoxy) is 1. The van der Waals surface area contributed by atoms with Crippen molar-refractivity contribution in [1.82, 2.24) is 15.1 Å². The van der Waals surface area contributed by atoms with Crippen molar-refractivity contribution >= 4 is 0 Å². The number of hydrogen-bond donors (Lipinski definition) is 1. The lowest BCUT2D eigenvalue weighted by atomic mass is 9.95. The van der Waals surface area contributed by atoms with E-state index in [1.165, 1.54) is 32.4 Å². The van der Waals surface area contributed by atoms with Gasteiger partial charge in [0, 0.05) is 6.54 Å². The van der Waals surface area contributed by atoms with Gasteiger partial charge in [0.15, 0.2) is 5.75 Å². The Balaban J connectivity index is 1.66. The minimum Gasteiger partial charge on any atom is -0.490 e. The molecule has 2 rings (SSSR count). The van der Waals surface area contributed by atoms with Crippen LogP contribution in [-0.4, -0.2) is 29.5 Å². The van der Waals surface area contributed by atoms with Crippen molar-refractivity contribution in [3.63, 3.8) is 0 Å². The number of nitrogens with zero attached hydrogens (tertiary/aromatic N) is 2. The number of aromatic nitrogens is 2. The Morgan fingerprint density at radius 3 is 3.00 bits per heavy atom. The van der Waals surface area contributed by atoms with Gasteiger partial charge in [0.1, 0.15) is 0 Å². The molecule has 0 unspecified atom stereocenters. The molecular weight excluding hydrogens is 202 g/mol. The lowest BCUT2D eigenvalue weighted by Crippen LogP contribution is -2.28. The van der Waals surface area contributed by atoms with Gasteiger partial charge in [-0.25, -0.2) is 0 Å². The Morgan fingerprint density at radius 2 is 2.31 bits per heavy atom. The highest BCUT2D eigenvalue weighted by atomic mass is 16.5. The summed E-state index contributed by atoms with van der Waals surface area (Å²) in [7, 11) is 0. The maximum Gasteiger partial charge on any atom is 0.157 e. The molecule has 1 N–H and O–H groups in total. The van der Waals surface area contributed by atoms with Gasteiger partial charge in [-0.05, 0) is 45.2 Å². The van der Waals surface area contributed by atoms with Crippen LogP contribution >= 0.6 is 0 Å². The summed E-state index contributed by atoms with van der Waals surface area (Å²) >= 11 is 0. The molecule has 90 valence electrons. The molecule has 4 nitrogen and oxygen atoms in total. The van der Waals surface area contributed by atoms with Crippen molar-refractivity contribution in [1.29, 1.82) is 0 Å². The molecule has 0 aliphatic carbocycles. The molecule has 0 aromatic carbocycles. The Kier molecular flexibility index (Phi) is 4.22. The van der Waals surface area contributed by atoms with Crippen LogP contribution in [-0.2, 0) is 6.54 Å². The Hall–Kier alpha value is -1.03. The van der Waals surface area contributed by atoms with Crippen LogP contribution in [0.4, 0.5) is 0 Å². The van der Waals surface area contributed by atoms with Crippen molar-refractivity contribution in [2.45, 2.75) is 32.7 Å². The third kappa shape index (κ3) is 3.23. The monoisotopic (exact) mass is 223 g/mol. The number of aryl methyl sites for hydroxylation is 1. The van der Waals surface area contributed by atoms with Crippen molar-refractivity contribution < 1.29 is 4.74 Å². The zero-order chi connectivity index (χ0) is 11.2. The average molecular weight is 223 g/mol. The minimum atomic E-state index is 0.820. The topological polar surface area (TPSA) is 39.1 Å². The molecule has 4 heteroatoms. The Morgan fingerprint density at radius 1 is 1.50 bits per heavy atom. The van der Waals surface area contributed by atoms with Gasteiger partial charge in [0.2, 0.25) is 0 Å². The molecule has 1 aromatic heterocycles. The molecule has 1 fully saturated rings. The van der Waals surface area contributed by atoms with Gasteiger partial charge in [-0.2, -0.15) is 5.10 Å². The highest BCUT2D eigenvalue weighted by Gasteiger charge is 2.12. The first-order valence-electron chi connectivity index (χ1n) is 6.24. The smallest absolute Gasteiger partial charge is 0.157 e. The van der Waals surface area contributed by atoms with E-state index in [0.29, 0.717) is 0 Å². The van der Waals surface area contributed by atoms with Crippen LogP contribution < -0.4 is 10.1 Å². The quantitative estimate of drug-likeness (QED) is 0.825. The van der Waals surface area contributed by atoms with Crippen molar-refractivity contribution in [2.24, 2.45) is 5.92 Å². The second kappa shape index (κ2) is 5.89. The molecule has 16 heavy (non-hydrogen) atoms. The minimum absolute atomic E-state index is 0.820. The van der Waals surface area contributed by atoms with E-state index in [1.807, 2.05) is 10.9 Å². The van der Waals surface area contributed by atoms with E-state index in [9.17, 15) is 0 Å². The fraction of sp³-hybridized carbons (Fsp3) is 0.750. The summed E-state index contributed by atoms with van der Waals surface area (Å²) in [5.41, 5.74) is 0. The van der Waals surface area contributed by atoms with Crippen LogP contribution in [0.5, 0.6) is 5.75 Å². The molecule has 0 atom stereocenters. The van der Waals surface area contributed by atoms with Gasteiger partial charge in [0.05, 0.1) is 19.0 Å². The van der Waals surface area contributed by atoms with E-state index < -0.39 is 0 Å². The lowest BCUT2D eigenvalue weighted by molar-refractivity contribution is 0.251.